The molecule has 13 heavy (non-hydrogen) atoms. The molecule has 0 atom stereocenters. The van der Waals surface area contributed by atoms with Gasteiger partial charge in [-0.15, -0.1) is 0 Å². The van der Waals surface area contributed by atoms with Crippen molar-refractivity contribution < 1.29 is 14.5 Å². The molecule has 2 aromatic rings. The summed E-state index contributed by atoms with van der Waals surface area (Å²) in [6.07, 6.45) is 0. The fraction of sp³-hybridized carbons (Fsp3) is 0. The predicted octanol–water partition coefficient (Wildman–Crippen LogP) is 0.766. The van der Waals surface area contributed by atoms with Crippen molar-refractivity contribution in [2.75, 3.05) is 0 Å². The number of rotatable bonds is 1. The molecule has 66 valence electrons. The smallest absolute Gasteiger partial charge is 0.465 e. The van der Waals surface area contributed by atoms with Crippen molar-refractivity contribution in [1.29, 1.82) is 0 Å². The molecule has 0 amide bonds. The Labute approximate surface area is 79.7 Å². The summed E-state index contributed by atoms with van der Waals surface area (Å²) in [6.45, 7) is 0. The second kappa shape index (κ2) is 3.07. The van der Waals surface area contributed by atoms with E-state index in [1.54, 1.807) is 24.3 Å². The molecule has 0 saturated heterocycles. The highest BCUT2D eigenvalue weighted by Crippen LogP contribution is 2.18. The van der Waals surface area contributed by atoms with E-state index in [1.165, 1.54) is 0 Å². The zero-order chi connectivity index (χ0) is 9.42. The minimum atomic E-state index is -1.58. The molecule has 3 nitrogen and oxygen atoms in total. The summed E-state index contributed by atoms with van der Waals surface area (Å²) in [6, 6.07) is 6.67. The molecule has 2 N–H and O–H groups in total. The van der Waals surface area contributed by atoms with Gasteiger partial charge in [-0.2, -0.15) is 0 Å². The van der Waals surface area contributed by atoms with Crippen molar-refractivity contribution in [3.63, 3.8) is 0 Å². The Morgan fingerprint density at radius 2 is 2.00 bits per heavy atom. The molecule has 1 aromatic carbocycles. The first kappa shape index (κ1) is 8.63. The van der Waals surface area contributed by atoms with Crippen LogP contribution in [0.1, 0.15) is 0 Å². The van der Waals surface area contributed by atoms with Crippen LogP contribution in [0.25, 0.3) is 11.0 Å². The van der Waals surface area contributed by atoms with Crippen molar-refractivity contribution in [3.8, 4) is 0 Å². The van der Waals surface area contributed by atoms with Gasteiger partial charge in [0, 0.05) is 10.4 Å². The van der Waals surface area contributed by atoms with Crippen molar-refractivity contribution in [1.82, 2.24) is 0 Å². The molecular weight excluding hydrogens is 190 g/mol. The van der Waals surface area contributed by atoms with Gasteiger partial charge in [0.1, 0.15) is 11.2 Å². The van der Waals surface area contributed by atoms with Crippen LogP contribution in [0.5, 0.6) is 0 Å². The molecule has 0 aliphatic heterocycles. The van der Waals surface area contributed by atoms with Gasteiger partial charge in [-0.1, -0.05) is 11.6 Å². The average Bonchev–Trinajstić information content (AvgIpc) is 2.46. The molecule has 0 spiro atoms. The van der Waals surface area contributed by atoms with Crippen LogP contribution >= 0.6 is 11.6 Å². The maximum absolute atomic E-state index is 8.82. The second-order valence-electron chi connectivity index (χ2n) is 2.70. The SMILES string of the molecule is OB(O)c1cc2ccc(Cl)cc2o1. The van der Waals surface area contributed by atoms with Gasteiger partial charge < -0.3 is 14.5 Å². The van der Waals surface area contributed by atoms with Gasteiger partial charge in [-0.05, 0) is 24.3 Å². The topological polar surface area (TPSA) is 53.6 Å². The van der Waals surface area contributed by atoms with Crippen LogP contribution in [0.15, 0.2) is 28.7 Å². The Morgan fingerprint density at radius 3 is 2.69 bits per heavy atom. The van der Waals surface area contributed by atoms with Gasteiger partial charge in [-0.25, -0.2) is 0 Å². The lowest BCUT2D eigenvalue weighted by Gasteiger charge is -1.89. The minimum absolute atomic E-state index is 0.122. The van der Waals surface area contributed by atoms with Gasteiger partial charge in [0.25, 0.3) is 0 Å². The highest BCUT2D eigenvalue weighted by molar-refractivity contribution is 6.57. The van der Waals surface area contributed by atoms with Crippen LogP contribution in [0, 0.1) is 0 Å². The van der Waals surface area contributed by atoms with E-state index in [0.29, 0.717) is 10.6 Å². The Balaban J connectivity index is 2.62. The summed E-state index contributed by atoms with van der Waals surface area (Å²) in [4.78, 5) is 0. The van der Waals surface area contributed by atoms with Crippen molar-refractivity contribution >= 4 is 35.3 Å². The highest BCUT2D eigenvalue weighted by atomic mass is 35.5. The number of fused-ring (bicyclic) bond motifs is 1. The van der Waals surface area contributed by atoms with Crippen LogP contribution in [-0.4, -0.2) is 17.2 Å². The van der Waals surface area contributed by atoms with Gasteiger partial charge in [0.05, 0.1) is 0 Å². The Bertz CT molecular complexity index is 438. The average molecular weight is 196 g/mol. The molecule has 0 aliphatic rings. The fourth-order valence-corrected chi connectivity index (χ4v) is 1.31. The van der Waals surface area contributed by atoms with Crippen LogP contribution in [-0.2, 0) is 0 Å². The Morgan fingerprint density at radius 1 is 1.23 bits per heavy atom. The number of benzene rings is 1. The molecule has 5 heteroatoms. The van der Waals surface area contributed by atoms with E-state index in [-0.39, 0.29) is 5.66 Å². The molecule has 0 fully saturated rings. The third-order valence-electron chi connectivity index (χ3n) is 1.76. The fourth-order valence-electron chi connectivity index (χ4n) is 1.15. The maximum Gasteiger partial charge on any atom is 0.526 e. The van der Waals surface area contributed by atoms with E-state index in [2.05, 4.69) is 0 Å². The maximum atomic E-state index is 8.82. The normalized spacial score (nSPS) is 10.7. The molecule has 0 saturated carbocycles. The van der Waals surface area contributed by atoms with Gasteiger partial charge in [0.15, 0.2) is 0 Å². The first-order valence-electron chi connectivity index (χ1n) is 3.72. The zero-order valence-corrected chi connectivity index (χ0v) is 7.32. The van der Waals surface area contributed by atoms with Crippen molar-refractivity contribution in [3.05, 3.63) is 29.3 Å². The monoisotopic (exact) mass is 196 g/mol. The molecule has 1 aromatic heterocycles. The lowest BCUT2D eigenvalue weighted by Crippen LogP contribution is -2.27. The van der Waals surface area contributed by atoms with E-state index in [4.69, 9.17) is 26.1 Å². The number of furan rings is 1. The van der Waals surface area contributed by atoms with E-state index in [9.17, 15) is 0 Å². The number of hydrogen-bond acceptors (Lipinski definition) is 3. The summed E-state index contributed by atoms with van der Waals surface area (Å²) < 4.78 is 5.13. The Kier molecular flexibility index (Phi) is 2.03. The predicted molar refractivity (Wildman–Crippen MR) is 51.0 cm³/mol. The summed E-state index contributed by atoms with van der Waals surface area (Å²) in [5, 5.41) is 19.0. The van der Waals surface area contributed by atoms with Crippen LogP contribution < -0.4 is 5.66 Å². The third kappa shape index (κ3) is 1.56. The van der Waals surface area contributed by atoms with Crippen LogP contribution in [0.2, 0.25) is 5.02 Å². The minimum Gasteiger partial charge on any atom is -0.465 e. The van der Waals surface area contributed by atoms with Gasteiger partial charge >= 0.3 is 7.12 Å². The van der Waals surface area contributed by atoms with E-state index in [0.717, 1.165) is 5.39 Å². The molecule has 0 aliphatic carbocycles. The lowest BCUT2D eigenvalue weighted by molar-refractivity contribution is 0.412. The third-order valence-corrected chi connectivity index (χ3v) is 1.99. The molecular formula is C8H6BClO3. The molecule has 2 rings (SSSR count). The van der Waals surface area contributed by atoms with Crippen LogP contribution in [0.3, 0.4) is 0 Å². The Hall–Kier alpha value is -0.965. The summed E-state index contributed by atoms with van der Waals surface area (Å²) in [5.74, 6) is 0. The van der Waals surface area contributed by atoms with Crippen LogP contribution in [0.4, 0.5) is 0 Å². The summed E-state index contributed by atoms with van der Waals surface area (Å²) in [5.41, 5.74) is 0.674. The zero-order valence-electron chi connectivity index (χ0n) is 6.57. The van der Waals surface area contributed by atoms with E-state index < -0.39 is 7.12 Å². The standard InChI is InChI=1S/C8H6BClO3/c10-6-2-1-5-3-8(9(11)12)13-7(5)4-6/h1-4,11-12H. The van der Waals surface area contributed by atoms with E-state index in [1.807, 2.05) is 0 Å². The lowest BCUT2D eigenvalue weighted by atomic mass is 9.88. The van der Waals surface area contributed by atoms with Crippen molar-refractivity contribution in [2.24, 2.45) is 0 Å². The largest absolute Gasteiger partial charge is 0.526 e. The molecule has 0 bridgehead atoms. The quantitative estimate of drug-likeness (QED) is 0.662. The van der Waals surface area contributed by atoms with E-state index >= 15 is 0 Å². The number of halogens is 1. The summed E-state index contributed by atoms with van der Waals surface area (Å²) >= 11 is 5.72. The summed E-state index contributed by atoms with van der Waals surface area (Å²) in [7, 11) is -1.58. The molecule has 0 unspecified atom stereocenters. The molecule has 0 radical (unpaired) electrons. The van der Waals surface area contributed by atoms with Crippen molar-refractivity contribution in [2.45, 2.75) is 0 Å². The van der Waals surface area contributed by atoms with Gasteiger partial charge in [0.2, 0.25) is 0 Å². The number of hydrogen-bond donors (Lipinski definition) is 2. The second-order valence-corrected chi connectivity index (χ2v) is 3.14. The molecule has 1 heterocycles. The highest BCUT2D eigenvalue weighted by Gasteiger charge is 2.16. The first-order chi connectivity index (χ1) is 6.16. The first-order valence-corrected chi connectivity index (χ1v) is 4.10. The van der Waals surface area contributed by atoms with Gasteiger partial charge in [-0.3, -0.25) is 0 Å².